The first kappa shape index (κ1) is 13.1. The van der Waals surface area contributed by atoms with Crippen molar-refractivity contribution in [3.05, 3.63) is 23.7 Å². The lowest BCUT2D eigenvalue weighted by Crippen LogP contribution is -2.61. The van der Waals surface area contributed by atoms with Crippen LogP contribution in [0.1, 0.15) is 36.6 Å². The quantitative estimate of drug-likeness (QED) is 0.846. The predicted molar refractivity (Wildman–Crippen MR) is 67.0 cm³/mol. The van der Waals surface area contributed by atoms with Gasteiger partial charge in [-0.05, 0) is 18.6 Å². The number of hydrogen-bond donors (Lipinski definition) is 2. The minimum atomic E-state index is -0.192. The van der Waals surface area contributed by atoms with Crippen molar-refractivity contribution in [3.63, 3.8) is 0 Å². The van der Waals surface area contributed by atoms with Gasteiger partial charge in [0.2, 0.25) is 0 Å². The van der Waals surface area contributed by atoms with E-state index >= 15 is 0 Å². The molecule has 1 aromatic rings. The van der Waals surface area contributed by atoms with Crippen molar-refractivity contribution < 1.29 is 13.9 Å². The van der Waals surface area contributed by atoms with Gasteiger partial charge >= 0.3 is 0 Å². The third-order valence-corrected chi connectivity index (χ3v) is 3.85. The summed E-state index contributed by atoms with van der Waals surface area (Å²) >= 11 is 0. The molecule has 1 fully saturated rings. The number of carbonyl (C=O) groups is 1. The van der Waals surface area contributed by atoms with Gasteiger partial charge in [0.25, 0.3) is 5.91 Å². The smallest absolute Gasteiger partial charge is 0.287 e. The number of furan rings is 1. The first-order chi connectivity index (χ1) is 8.48. The minimum absolute atomic E-state index is 0.0479. The summed E-state index contributed by atoms with van der Waals surface area (Å²) in [7, 11) is 1.70. The molecule has 1 aliphatic carbocycles. The number of nitrogens with two attached hydrogens (primary N) is 1. The van der Waals surface area contributed by atoms with E-state index in [9.17, 15) is 4.79 Å². The molecule has 1 aliphatic rings. The summed E-state index contributed by atoms with van der Waals surface area (Å²) in [4.78, 5) is 12.0. The van der Waals surface area contributed by atoms with Gasteiger partial charge in [-0.15, -0.1) is 0 Å². The molecule has 0 radical (unpaired) electrons. The third kappa shape index (κ3) is 2.15. The first-order valence-corrected chi connectivity index (χ1v) is 6.11. The van der Waals surface area contributed by atoms with Crippen LogP contribution in [0.2, 0.25) is 0 Å². The highest BCUT2D eigenvalue weighted by Gasteiger charge is 2.49. The van der Waals surface area contributed by atoms with Gasteiger partial charge in [-0.1, -0.05) is 13.8 Å². The zero-order chi connectivity index (χ0) is 13.3. The normalized spacial score (nSPS) is 25.6. The zero-order valence-corrected chi connectivity index (χ0v) is 11.0. The molecule has 1 heterocycles. The molecule has 0 aliphatic heterocycles. The first-order valence-electron chi connectivity index (χ1n) is 6.11. The van der Waals surface area contributed by atoms with Crippen molar-refractivity contribution in [2.45, 2.75) is 39.0 Å². The summed E-state index contributed by atoms with van der Waals surface area (Å²) < 4.78 is 10.7. The maximum Gasteiger partial charge on any atom is 0.287 e. The van der Waals surface area contributed by atoms with E-state index in [1.165, 1.54) is 0 Å². The molecule has 1 saturated carbocycles. The monoisotopic (exact) mass is 252 g/mol. The van der Waals surface area contributed by atoms with E-state index in [0.717, 1.165) is 6.42 Å². The van der Waals surface area contributed by atoms with Crippen molar-refractivity contribution in [1.29, 1.82) is 0 Å². The van der Waals surface area contributed by atoms with Gasteiger partial charge < -0.3 is 20.2 Å². The number of hydrogen-bond acceptors (Lipinski definition) is 4. The lowest BCUT2D eigenvalue weighted by molar-refractivity contribution is -0.0943. The van der Waals surface area contributed by atoms with Crippen molar-refractivity contribution in [3.8, 4) is 0 Å². The maximum absolute atomic E-state index is 12.0. The Balaban J connectivity index is 1.97. The average Bonchev–Trinajstić information content (AvgIpc) is 2.82. The fourth-order valence-electron chi connectivity index (χ4n) is 2.37. The van der Waals surface area contributed by atoms with Crippen LogP contribution in [-0.4, -0.2) is 25.2 Å². The van der Waals surface area contributed by atoms with E-state index in [1.807, 2.05) is 0 Å². The molecule has 0 bridgehead atoms. The average molecular weight is 252 g/mol. The molecule has 1 amide bonds. The van der Waals surface area contributed by atoms with Gasteiger partial charge in [-0.2, -0.15) is 0 Å². The van der Waals surface area contributed by atoms with E-state index < -0.39 is 0 Å². The molecule has 3 N–H and O–H groups in total. The summed E-state index contributed by atoms with van der Waals surface area (Å²) in [6.45, 7) is 4.47. The summed E-state index contributed by atoms with van der Waals surface area (Å²) in [5, 5.41) is 2.97. The van der Waals surface area contributed by atoms with Crippen LogP contribution in [0.15, 0.2) is 16.5 Å². The second kappa shape index (κ2) is 4.74. The number of ether oxygens (including phenoxy) is 1. The van der Waals surface area contributed by atoms with Gasteiger partial charge in [0.15, 0.2) is 5.76 Å². The predicted octanol–water partition coefficient (Wildman–Crippen LogP) is 1.28. The molecule has 0 spiro atoms. The lowest BCUT2D eigenvalue weighted by atomic mass is 9.64. The second-order valence-electron chi connectivity index (χ2n) is 5.28. The fourth-order valence-corrected chi connectivity index (χ4v) is 2.37. The molecule has 2 rings (SSSR count). The van der Waals surface area contributed by atoms with Crippen LogP contribution in [0.3, 0.4) is 0 Å². The van der Waals surface area contributed by atoms with E-state index in [-0.39, 0.29) is 23.5 Å². The van der Waals surface area contributed by atoms with Gasteiger partial charge in [0, 0.05) is 18.6 Å². The lowest BCUT2D eigenvalue weighted by Gasteiger charge is -2.51. The molecular formula is C13H20N2O3. The van der Waals surface area contributed by atoms with Crippen molar-refractivity contribution in [2.24, 2.45) is 11.1 Å². The Kier molecular flexibility index (Phi) is 3.45. The molecule has 1 aromatic heterocycles. The van der Waals surface area contributed by atoms with E-state index in [4.69, 9.17) is 14.9 Å². The molecule has 2 atom stereocenters. The van der Waals surface area contributed by atoms with Crippen molar-refractivity contribution in [1.82, 2.24) is 5.32 Å². The molecule has 5 heteroatoms. The number of methoxy groups -OCH3 is 1. The summed E-state index contributed by atoms with van der Waals surface area (Å²) in [6.07, 6.45) is 1.03. The van der Waals surface area contributed by atoms with Gasteiger partial charge in [0.05, 0.1) is 12.6 Å². The maximum atomic E-state index is 12.0. The van der Waals surface area contributed by atoms with Crippen LogP contribution in [0.4, 0.5) is 0 Å². The number of nitrogens with one attached hydrogen (secondary N) is 1. The highest BCUT2D eigenvalue weighted by atomic mass is 16.5. The van der Waals surface area contributed by atoms with Gasteiger partial charge in [-0.25, -0.2) is 0 Å². The Hall–Kier alpha value is -1.33. The highest BCUT2D eigenvalue weighted by molar-refractivity contribution is 5.91. The zero-order valence-electron chi connectivity index (χ0n) is 11.0. The van der Waals surface area contributed by atoms with Crippen LogP contribution in [0, 0.1) is 5.41 Å². The van der Waals surface area contributed by atoms with Crippen LogP contribution >= 0.6 is 0 Å². The largest absolute Gasteiger partial charge is 0.455 e. The summed E-state index contributed by atoms with van der Waals surface area (Å²) in [5.74, 6) is 0.734. The Bertz CT molecular complexity index is 439. The van der Waals surface area contributed by atoms with Crippen molar-refractivity contribution >= 4 is 5.91 Å². The van der Waals surface area contributed by atoms with Crippen molar-refractivity contribution in [2.75, 3.05) is 7.11 Å². The molecule has 0 aromatic carbocycles. The Morgan fingerprint density at radius 2 is 2.33 bits per heavy atom. The van der Waals surface area contributed by atoms with Crippen LogP contribution in [-0.2, 0) is 11.3 Å². The number of amides is 1. The van der Waals surface area contributed by atoms with E-state index in [2.05, 4.69) is 19.2 Å². The third-order valence-electron chi connectivity index (χ3n) is 3.85. The highest BCUT2D eigenvalue weighted by Crippen LogP contribution is 2.42. The molecule has 100 valence electrons. The minimum Gasteiger partial charge on any atom is -0.455 e. The standard InChI is InChI=1S/C13H20N2O3/c1-13(2)10(6-11(13)17-3)15-12(16)9-5-4-8(7-14)18-9/h4-5,10-11H,6-7,14H2,1-3H3,(H,15,16). The van der Waals surface area contributed by atoms with E-state index in [1.54, 1.807) is 19.2 Å². The Labute approximate surface area is 107 Å². The SMILES string of the molecule is COC1CC(NC(=O)c2ccc(CN)o2)C1(C)C. The van der Waals surface area contributed by atoms with Gasteiger partial charge in [-0.3, -0.25) is 4.79 Å². The summed E-state index contributed by atoms with van der Waals surface area (Å²) in [5.41, 5.74) is 5.39. The molecule has 5 nitrogen and oxygen atoms in total. The number of rotatable bonds is 4. The Morgan fingerprint density at radius 1 is 1.61 bits per heavy atom. The molecular weight excluding hydrogens is 232 g/mol. The molecule has 18 heavy (non-hydrogen) atoms. The molecule has 2 unspecified atom stereocenters. The van der Waals surface area contributed by atoms with Crippen LogP contribution in [0.25, 0.3) is 0 Å². The van der Waals surface area contributed by atoms with Gasteiger partial charge in [0.1, 0.15) is 5.76 Å². The fraction of sp³-hybridized carbons (Fsp3) is 0.615. The molecule has 0 saturated heterocycles. The number of carbonyl (C=O) groups excluding carboxylic acids is 1. The van der Waals surface area contributed by atoms with Crippen LogP contribution < -0.4 is 11.1 Å². The van der Waals surface area contributed by atoms with E-state index in [0.29, 0.717) is 18.1 Å². The Morgan fingerprint density at radius 3 is 2.83 bits per heavy atom. The topological polar surface area (TPSA) is 77.5 Å². The second-order valence-corrected chi connectivity index (χ2v) is 5.28. The van der Waals surface area contributed by atoms with Crippen LogP contribution in [0.5, 0.6) is 0 Å². The summed E-state index contributed by atoms with van der Waals surface area (Å²) in [6, 6.07) is 3.48.